The zero-order valence-electron chi connectivity index (χ0n) is 21.4. The summed E-state index contributed by atoms with van der Waals surface area (Å²) in [6.07, 6.45) is 3.41. The Balaban J connectivity index is 1.16. The van der Waals surface area contributed by atoms with Gasteiger partial charge in [0, 0.05) is 42.6 Å². The summed E-state index contributed by atoms with van der Waals surface area (Å²) >= 11 is 1.58. The third kappa shape index (κ3) is 5.99. The number of para-hydroxylation sites is 1. The summed E-state index contributed by atoms with van der Waals surface area (Å²) in [5.41, 5.74) is 1.57. The van der Waals surface area contributed by atoms with Crippen molar-refractivity contribution < 1.29 is 27.1 Å². The van der Waals surface area contributed by atoms with Gasteiger partial charge in [0.15, 0.2) is 0 Å². The number of hydrogen-bond acceptors (Lipinski definition) is 6. The Morgan fingerprint density at radius 1 is 1.20 bits per heavy atom. The number of nitrogens with one attached hydrogen (secondary N) is 1. The molecule has 0 spiro atoms. The van der Waals surface area contributed by atoms with E-state index in [0.29, 0.717) is 36.7 Å². The van der Waals surface area contributed by atoms with E-state index in [0.717, 1.165) is 34.0 Å². The number of nitrogens with zero attached hydrogens (tertiary/aromatic N) is 4. The number of thiazole rings is 1. The number of hydrogen-bond donors (Lipinski definition) is 1. The molecule has 0 aliphatic carbocycles. The standard InChI is InChI=1S/C28H27F4N5O2S/c1-2-11-39-24-6-4-3-5-19(24)20-12-18(14-33-20)22-16-40-28(34-22)17-7-9-36(10-8-17)25(38)15-37-23(27(31)32)13-21(35-37)26(29)30/h1,3-6,13-14,16-17,20,26-27,33H,7-12,15H2. The highest BCUT2D eigenvalue weighted by Gasteiger charge is 2.29. The second kappa shape index (κ2) is 12.1. The number of carbonyl (C=O) groups excluding carboxylic acids is 1. The number of benzene rings is 1. The first-order valence-corrected chi connectivity index (χ1v) is 13.7. The summed E-state index contributed by atoms with van der Waals surface area (Å²) in [6, 6.07) is 8.48. The SMILES string of the molecule is C#CCOc1ccccc1C1CC(c2csc(C3CCN(C(=O)Cn4nc(C(F)F)cc4C(F)F)CC3)n2)=CN1. The highest BCUT2D eigenvalue weighted by Crippen LogP contribution is 2.38. The number of amides is 1. The molecule has 4 heterocycles. The molecule has 0 saturated carbocycles. The molecule has 1 atom stereocenters. The number of ether oxygens (including phenoxy) is 1. The maximum Gasteiger partial charge on any atom is 0.282 e. The van der Waals surface area contributed by atoms with Crippen LogP contribution in [0, 0.1) is 12.3 Å². The normalized spacial score (nSPS) is 17.7. The van der Waals surface area contributed by atoms with Crippen LogP contribution in [0.1, 0.15) is 71.7 Å². The summed E-state index contributed by atoms with van der Waals surface area (Å²) in [4.78, 5) is 19.2. The van der Waals surface area contributed by atoms with Gasteiger partial charge in [0.05, 0.1) is 16.7 Å². The highest BCUT2D eigenvalue weighted by atomic mass is 32.1. The topological polar surface area (TPSA) is 72.3 Å². The second-order valence-corrected chi connectivity index (χ2v) is 10.5. The van der Waals surface area contributed by atoms with Crippen LogP contribution < -0.4 is 10.1 Å². The van der Waals surface area contributed by atoms with Gasteiger partial charge in [-0.05, 0) is 30.5 Å². The Bertz CT molecular complexity index is 1420. The second-order valence-electron chi connectivity index (χ2n) is 9.60. The molecule has 3 aromatic rings. The third-order valence-electron chi connectivity index (χ3n) is 7.10. The quantitative estimate of drug-likeness (QED) is 0.262. The van der Waals surface area contributed by atoms with E-state index in [1.807, 2.05) is 35.8 Å². The smallest absolute Gasteiger partial charge is 0.282 e. The molecule has 1 saturated heterocycles. The van der Waals surface area contributed by atoms with Gasteiger partial charge in [-0.25, -0.2) is 22.5 Å². The molecular formula is C28H27F4N5O2S. The Morgan fingerprint density at radius 3 is 2.70 bits per heavy atom. The predicted octanol–water partition coefficient (Wildman–Crippen LogP) is 5.71. The largest absolute Gasteiger partial charge is 0.481 e. The van der Waals surface area contributed by atoms with Gasteiger partial charge in [0.1, 0.15) is 30.3 Å². The maximum absolute atomic E-state index is 13.3. The van der Waals surface area contributed by atoms with Crippen LogP contribution >= 0.6 is 11.3 Å². The number of terminal acetylenes is 1. The lowest BCUT2D eigenvalue weighted by Gasteiger charge is -2.31. The van der Waals surface area contributed by atoms with E-state index in [1.54, 1.807) is 16.2 Å². The van der Waals surface area contributed by atoms with Gasteiger partial charge in [0.2, 0.25) is 5.91 Å². The van der Waals surface area contributed by atoms with Crippen LogP contribution in [0.2, 0.25) is 0 Å². The highest BCUT2D eigenvalue weighted by molar-refractivity contribution is 7.09. The molecule has 2 aliphatic heterocycles. The molecule has 2 aromatic heterocycles. The number of halogens is 4. The minimum absolute atomic E-state index is 0.0422. The minimum Gasteiger partial charge on any atom is -0.481 e. The molecule has 1 N–H and O–H groups in total. The lowest BCUT2D eigenvalue weighted by atomic mass is 9.97. The first kappa shape index (κ1) is 27.7. The van der Waals surface area contributed by atoms with E-state index in [-0.39, 0.29) is 18.6 Å². The molecular weight excluding hydrogens is 546 g/mol. The van der Waals surface area contributed by atoms with E-state index in [2.05, 4.69) is 16.3 Å². The number of alkyl halides is 4. The van der Waals surface area contributed by atoms with E-state index >= 15 is 0 Å². The first-order chi connectivity index (χ1) is 19.3. The van der Waals surface area contributed by atoms with Crippen molar-refractivity contribution in [1.82, 2.24) is 25.0 Å². The van der Waals surface area contributed by atoms with Crippen molar-refractivity contribution in [3.05, 3.63) is 69.6 Å². The summed E-state index contributed by atoms with van der Waals surface area (Å²) in [6.45, 7) is 0.541. The number of carbonyl (C=O) groups is 1. The molecule has 1 aromatic carbocycles. The maximum atomic E-state index is 13.3. The Kier molecular flexibility index (Phi) is 8.40. The van der Waals surface area contributed by atoms with Gasteiger partial charge in [-0.2, -0.15) is 5.10 Å². The number of rotatable bonds is 9. The molecule has 7 nitrogen and oxygen atoms in total. The Labute approximate surface area is 232 Å². The lowest BCUT2D eigenvalue weighted by molar-refractivity contribution is -0.133. The van der Waals surface area contributed by atoms with Gasteiger partial charge >= 0.3 is 0 Å². The van der Waals surface area contributed by atoms with Crippen molar-refractivity contribution in [1.29, 1.82) is 0 Å². The van der Waals surface area contributed by atoms with Gasteiger partial charge in [-0.1, -0.05) is 24.1 Å². The van der Waals surface area contributed by atoms with Crippen molar-refractivity contribution in [2.24, 2.45) is 0 Å². The Hall–Kier alpha value is -3.85. The van der Waals surface area contributed by atoms with E-state index in [9.17, 15) is 22.4 Å². The van der Waals surface area contributed by atoms with Crippen molar-refractivity contribution >= 4 is 22.8 Å². The molecule has 2 aliphatic rings. The number of aromatic nitrogens is 3. The van der Waals surface area contributed by atoms with E-state index in [1.165, 1.54) is 0 Å². The molecule has 0 bridgehead atoms. The van der Waals surface area contributed by atoms with Gasteiger partial charge in [0.25, 0.3) is 12.9 Å². The van der Waals surface area contributed by atoms with Crippen LogP contribution in [0.15, 0.2) is 41.9 Å². The van der Waals surface area contributed by atoms with Crippen molar-refractivity contribution in [3.8, 4) is 18.1 Å². The fourth-order valence-electron chi connectivity index (χ4n) is 5.02. The molecule has 5 rings (SSSR count). The summed E-state index contributed by atoms with van der Waals surface area (Å²) in [5.74, 6) is 2.98. The lowest BCUT2D eigenvalue weighted by Crippen LogP contribution is -2.40. The summed E-state index contributed by atoms with van der Waals surface area (Å²) < 4.78 is 58.8. The molecule has 40 heavy (non-hydrogen) atoms. The molecule has 0 radical (unpaired) electrons. The molecule has 1 unspecified atom stereocenters. The van der Waals surface area contributed by atoms with Gasteiger partial charge in [-0.3, -0.25) is 9.48 Å². The van der Waals surface area contributed by atoms with E-state index in [4.69, 9.17) is 16.1 Å². The predicted molar refractivity (Wildman–Crippen MR) is 142 cm³/mol. The monoisotopic (exact) mass is 573 g/mol. The van der Waals surface area contributed by atoms with Crippen LogP contribution in [0.25, 0.3) is 5.57 Å². The fraction of sp³-hybridized carbons (Fsp3) is 0.393. The van der Waals surface area contributed by atoms with Gasteiger partial charge < -0.3 is 15.0 Å². The van der Waals surface area contributed by atoms with Crippen LogP contribution in [0.4, 0.5) is 17.6 Å². The summed E-state index contributed by atoms with van der Waals surface area (Å²) in [5, 5.41) is 9.95. The van der Waals surface area contributed by atoms with Crippen molar-refractivity contribution in [2.45, 2.75) is 50.6 Å². The molecule has 210 valence electrons. The average molecular weight is 574 g/mol. The van der Waals surface area contributed by atoms with Gasteiger partial charge in [-0.15, -0.1) is 17.8 Å². The van der Waals surface area contributed by atoms with Crippen molar-refractivity contribution in [2.75, 3.05) is 19.7 Å². The van der Waals surface area contributed by atoms with E-state index < -0.39 is 36.7 Å². The molecule has 1 fully saturated rings. The summed E-state index contributed by atoms with van der Waals surface area (Å²) in [7, 11) is 0. The number of likely N-dealkylation sites (tertiary alicyclic amines) is 1. The van der Waals surface area contributed by atoms with Crippen LogP contribution in [-0.4, -0.2) is 45.3 Å². The zero-order chi connectivity index (χ0) is 28.2. The average Bonchev–Trinajstić information content (AvgIpc) is 3.72. The fourth-order valence-corrected chi connectivity index (χ4v) is 6.04. The molecule has 1 amide bonds. The van der Waals surface area contributed by atoms with Crippen molar-refractivity contribution in [3.63, 3.8) is 0 Å². The van der Waals surface area contributed by atoms with Crippen LogP contribution in [0.5, 0.6) is 5.75 Å². The zero-order valence-corrected chi connectivity index (χ0v) is 22.2. The first-order valence-electron chi connectivity index (χ1n) is 12.8. The number of piperidine rings is 1. The molecule has 12 heteroatoms. The Morgan fingerprint density at radius 2 is 1.98 bits per heavy atom. The van der Waals surface area contributed by atoms with Crippen LogP contribution in [-0.2, 0) is 11.3 Å². The minimum atomic E-state index is -3.00. The third-order valence-corrected chi connectivity index (χ3v) is 8.11. The van der Waals surface area contributed by atoms with Crippen LogP contribution in [0.3, 0.4) is 0 Å².